The van der Waals surface area contributed by atoms with E-state index in [2.05, 4.69) is 60.2 Å². The SMILES string of the molecule is C=C(NC)c1ccccc1C.CCCCC.CN1NC(c2ccc[nH]2)=NC1c1ccccc1Cl. The summed E-state index contributed by atoms with van der Waals surface area (Å²) in [5, 5.41) is 5.70. The van der Waals surface area contributed by atoms with Gasteiger partial charge in [-0.25, -0.2) is 4.99 Å². The second kappa shape index (κ2) is 14.3. The Balaban J connectivity index is 0.000000218. The Morgan fingerprint density at radius 3 is 2.29 bits per heavy atom. The lowest BCUT2D eigenvalue weighted by atomic mass is 10.1. The van der Waals surface area contributed by atoms with Crippen LogP contribution < -0.4 is 10.7 Å². The summed E-state index contributed by atoms with van der Waals surface area (Å²) in [4.78, 5) is 7.79. The van der Waals surface area contributed by atoms with E-state index in [0.717, 1.165) is 27.8 Å². The van der Waals surface area contributed by atoms with E-state index in [1.807, 2.05) is 73.8 Å². The van der Waals surface area contributed by atoms with E-state index < -0.39 is 0 Å². The predicted molar refractivity (Wildman–Crippen MR) is 147 cm³/mol. The average Bonchev–Trinajstić information content (AvgIpc) is 3.51. The van der Waals surface area contributed by atoms with Crippen LogP contribution in [0.5, 0.6) is 0 Å². The second-order valence-electron chi connectivity index (χ2n) is 8.08. The molecule has 1 aliphatic heterocycles. The summed E-state index contributed by atoms with van der Waals surface area (Å²) in [6.45, 7) is 10.4. The number of hydrogen-bond acceptors (Lipinski definition) is 4. The zero-order valence-corrected chi connectivity index (χ0v) is 21.8. The monoisotopic (exact) mass is 479 g/mol. The number of aryl methyl sites for hydroxylation is 1. The number of benzene rings is 2. The Bertz CT molecular complexity index is 1040. The summed E-state index contributed by atoms with van der Waals surface area (Å²) in [6.07, 6.45) is 5.85. The molecule has 1 unspecified atom stereocenters. The standard InChI is InChI=1S/C13H13ClN4.C10H13N.C5H12/c1-18-13(9-5-2-3-6-10(9)14)16-12(17-18)11-7-4-8-15-11;1-8-6-4-5-7-10(8)9(2)11-3;1-3-5-4-2/h2-8,13,15H,1H3,(H,16,17);4-7,11H,2H2,1,3H3;3-5H2,1-2H3. The van der Waals surface area contributed by atoms with Gasteiger partial charge < -0.3 is 10.3 Å². The van der Waals surface area contributed by atoms with E-state index in [1.54, 1.807) is 0 Å². The van der Waals surface area contributed by atoms with Crippen molar-refractivity contribution in [1.29, 1.82) is 0 Å². The number of nitrogens with zero attached hydrogens (tertiary/aromatic N) is 2. The molecule has 4 rings (SSSR count). The maximum absolute atomic E-state index is 6.21. The Kier molecular flexibility index (Phi) is 11.4. The molecule has 0 radical (unpaired) electrons. The van der Waals surface area contributed by atoms with Gasteiger partial charge in [0.1, 0.15) is 6.17 Å². The van der Waals surface area contributed by atoms with Crippen molar-refractivity contribution in [3.05, 3.63) is 101 Å². The molecular formula is C28H38ClN5. The summed E-state index contributed by atoms with van der Waals surface area (Å²) in [5.41, 5.74) is 8.61. The lowest BCUT2D eigenvalue weighted by Crippen LogP contribution is -2.34. The number of nitrogens with one attached hydrogen (secondary N) is 3. The van der Waals surface area contributed by atoms with Gasteiger partial charge in [-0.2, -0.15) is 5.01 Å². The van der Waals surface area contributed by atoms with Crippen LogP contribution in [0.3, 0.4) is 0 Å². The van der Waals surface area contributed by atoms with Gasteiger partial charge in [0.05, 0.1) is 5.69 Å². The highest BCUT2D eigenvalue weighted by molar-refractivity contribution is 6.31. The Morgan fingerprint density at radius 1 is 1.06 bits per heavy atom. The minimum absolute atomic E-state index is 0.100. The fourth-order valence-corrected chi connectivity index (χ4v) is 3.67. The van der Waals surface area contributed by atoms with Crippen molar-refractivity contribution in [2.24, 2.45) is 4.99 Å². The zero-order chi connectivity index (χ0) is 24.9. The number of aliphatic imine (C=N–C) groups is 1. The summed E-state index contributed by atoms with van der Waals surface area (Å²) in [5.74, 6) is 0.826. The van der Waals surface area contributed by atoms with Crippen molar-refractivity contribution in [3.8, 4) is 0 Å². The smallest absolute Gasteiger partial charge is 0.161 e. The highest BCUT2D eigenvalue weighted by Gasteiger charge is 2.26. The minimum Gasteiger partial charge on any atom is -0.388 e. The summed E-state index contributed by atoms with van der Waals surface area (Å²) >= 11 is 6.21. The van der Waals surface area contributed by atoms with Crippen LogP contribution in [0.25, 0.3) is 5.70 Å². The van der Waals surface area contributed by atoms with Gasteiger partial charge in [0.15, 0.2) is 5.84 Å². The van der Waals surface area contributed by atoms with Crippen LogP contribution in [-0.2, 0) is 0 Å². The largest absolute Gasteiger partial charge is 0.388 e. The molecule has 0 aliphatic carbocycles. The molecule has 3 N–H and O–H groups in total. The number of H-pyrrole nitrogens is 1. The minimum atomic E-state index is -0.100. The molecule has 2 heterocycles. The molecule has 1 aliphatic rings. The lowest BCUT2D eigenvalue weighted by molar-refractivity contribution is 0.243. The predicted octanol–water partition coefficient (Wildman–Crippen LogP) is 6.95. The van der Waals surface area contributed by atoms with E-state index in [4.69, 9.17) is 11.6 Å². The van der Waals surface area contributed by atoms with E-state index in [1.165, 1.54) is 30.4 Å². The number of hydrazine groups is 1. The first kappa shape index (κ1) is 27.2. The van der Waals surface area contributed by atoms with Gasteiger partial charge in [-0.15, -0.1) is 0 Å². The van der Waals surface area contributed by atoms with Gasteiger partial charge in [-0.05, 0) is 36.2 Å². The van der Waals surface area contributed by atoms with Gasteiger partial charge in [0.2, 0.25) is 0 Å². The Labute approximate surface area is 209 Å². The molecule has 6 heteroatoms. The highest BCUT2D eigenvalue weighted by atomic mass is 35.5. The summed E-state index contributed by atoms with van der Waals surface area (Å²) in [7, 11) is 3.84. The van der Waals surface area contributed by atoms with Crippen LogP contribution in [0, 0.1) is 6.92 Å². The number of halogens is 1. The van der Waals surface area contributed by atoms with Crippen LogP contribution in [-0.4, -0.2) is 29.9 Å². The van der Waals surface area contributed by atoms with Gasteiger partial charge >= 0.3 is 0 Å². The molecule has 1 aromatic heterocycles. The third-order valence-corrected chi connectivity index (χ3v) is 5.76. The zero-order valence-electron chi connectivity index (χ0n) is 21.0. The third kappa shape index (κ3) is 7.79. The normalized spacial score (nSPS) is 14.6. The number of aromatic amines is 1. The Hall–Kier alpha value is -3.02. The van der Waals surface area contributed by atoms with E-state index in [-0.39, 0.29) is 6.17 Å². The molecule has 5 nitrogen and oxygen atoms in total. The number of unbranched alkanes of at least 4 members (excludes halogenated alkanes) is 2. The topological polar surface area (TPSA) is 55.4 Å². The van der Waals surface area contributed by atoms with Crippen LogP contribution in [0.15, 0.2) is 78.4 Å². The maximum atomic E-state index is 6.21. The molecule has 0 saturated heterocycles. The maximum Gasteiger partial charge on any atom is 0.161 e. The van der Waals surface area contributed by atoms with Crippen molar-refractivity contribution in [2.75, 3.05) is 14.1 Å². The fourth-order valence-electron chi connectivity index (χ4n) is 3.44. The first-order valence-corrected chi connectivity index (χ1v) is 12.2. The van der Waals surface area contributed by atoms with Gasteiger partial charge in [0, 0.05) is 36.6 Å². The third-order valence-electron chi connectivity index (χ3n) is 5.42. The molecule has 1 atom stereocenters. The van der Waals surface area contributed by atoms with E-state index in [9.17, 15) is 0 Å². The number of hydrogen-bond donors (Lipinski definition) is 3. The second-order valence-corrected chi connectivity index (χ2v) is 8.48. The molecule has 0 amide bonds. The Morgan fingerprint density at radius 2 is 1.74 bits per heavy atom. The highest BCUT2D eigenvalue weighted by Crippen LogP contribution is 2.29. The van der Waals surface area contributed by atoms with Crippen molar-refractivity contribution in [3.63, 3.8) is 0 Å². The molecule has 182 valence electrons. The number of rotatable bonds is 6. The van der Waals surface area contributed by atoms with E-state index in [0.29, 0.717) is 0 Å². The van der Waals surface area contributed by atoms with Crippen molar-refractivity contribution in [2.45, 2.75) is 46.2 Å². The number of aromatic nitrogens is 1. The van der Waals surface area contributed by atoms with Gasteiger partial charge in [0.25, 0.3) is 0 Å². The van der Waals surface area contributed by atoms with Crippen LogP contribution in [0.1, 0.15) is 61.7 Å². The molecular weight excluding hydrogens is 442 g/mol. The summed E-state index contributed by atoms with van der Waals surface area (Å²) < 4.78 is 0. The van der Waals surface area contributed by atoms with Crippen molar-refractivity contribution >= 4 is 23.1 Å². The van der Waals surface area contributed by atoms with Crippen molar-refractivity contribution < 1.29 is 0 Å². The fraction of sp³-hybridized carbons (Fsp3) is 0.321. The van der Waals surface area contributed by atoms with Crippen LogP contribution in [0.2, 0.25) is 5.02 Å². The average molecular weight is 480 g/mol. The molecule has 3 aromatic rings. The first-order chi connectivity index (χ1) is 16.4. The lowest BCUT2D eigenvalue weighted by Gasteiger charge is -2.18. The quantitative estimate of drug-likeness (QED) is 0.358. The molecule has 0 bridgehead atoms. The first-order valence-electron chi connectivity index (χ1n) is 11.8. The van der Waals surface area contributed by atoms with Gasteiger partial charge in [-0.1, -0.05) is 93.8 Å². The molecule has 0 saturated carbocycles. The van der Waals surface area contributed by atoms with Crippen LogP contribution in [0.4, 0.5) is 0 Å². The van der Waals surface area contributed by atoms with Crippen LogP contribution >= 0.6 is 11.6 Å². The van der Waals surface area contributed by atoms with E-state index >= 15 is 0 Å². The molecule has 34 heavy (non-hydrogen) atoms. The molecule has 0 fully saturated rings. The molecule has 2 aromatic carbocycles. The van der Waals surface area contributed by atoms with Gasteiger partial charge in [-0.3, -0.25) is 5.43 Å². The van der Waals surface area contributed by atoms with Crippen molar-refractivity contribution in [1.82, 2.24) is 20.7 Å². The number of amidine groups is 1. The molecule has 0 spiro atoms. The summed E-state index contributed by atoms with van der Waals surface area (Å²) in [6, 6.07) is 19.9.